The van der Waals surface area contributed by atoms with Gasteiger partial charge in [-0.1, -0.05) is 12.1 Å². The average molecular weight is 375 g/mol. The summed E-state index contributed by atoms with van der Waals surface area (Å²) in [5, 5.41) is 42.5. The quantitative estimate of drug-likeness (QED) is 0.483. The minimum atomic E-state index is -1.41. The summed E-state index contributed by atoms with van der Waals surface area (Å²) in [5.41, 5.74) is -1.38. The molecule has 1 atom stereocenters. The molecule has 0 aromatic heterocycles. The normalized spacial score (nSPS) is 11.4. The van der Waals surface area contributed by atoms with E-state index in [1.165, 1.54) is 24.3 Å². The van der Waals surface area contributed by atoms with Gasteiger partial charge in [0.2, 0.25) is 0 Å². The number of nitro benzene ring substituents is 2. The molecule has 0 heterocycles. The number of phenolic OH excluding ortho intramolecular Hbond substituents is 1. The lowest BCUT2D eigenvalue weighted by atomic mass is 10.0. The maximum absolute atomic E-state index is 12.3. The molecule has 0 radical (unpaired) electrons. The fourth-order valence-electron chi connectivity index (χ4n) is 2.28. The molecule has 0 fully saturated rings. The lowest BCUT2D eigenvalue weighted by Crippen LogP contribution is -2.42. The summed E-state index contributed by atoms with van der Waals surface area (Å²) in [6.07, 6.45) is -0.137. The molecular formula is C16H13N3O8. The molecule has 1 unspecified atom stereocenters. The number of non-ortho nitro benzene ring substituents is 1. The third kappa shape index (κ3) is 4.75. The Labute approximate surface area is 151 Å². The Morgan fingerprint density at radius 1 is 1.04 bits per heavy atom. The van der Waals surface area contributed by atoms with Gasteiger partial charge in [-0.2, -0.15) is 0 Å². The van der Waals surface area contributed by atoms with Crippen LogP contribution in [0.25, 0.3) is 0 Å². The molecule has 0 bridgehead atoms. The summed E-state index contributed by atoms with van der Waals surface area (Å²) in [7, 11) is 0. The topological polar surface area (TPSA) is 173 Å². The Morgan fingerprint density at radius 2 is 1.67 bits per heavy atom. The van der Waals surface area contributed by atoms with Crippen LogP contribution in [0.1, 0.15) is 15.9 Å². The first-order chi connectivity index (χ1) is 12.7. The SMILES string of the molecule is O=C(NC(Cc1ccc(O)cc1)C(=O)O)c1ccc([N+](=O)[O-])cc1[N+](=O)[O-]. The highest BCUT2D eigenvalue weighted by molar-refractivity contribution is 6.00. The van der Waals surface area contributed by atoms with Crippen molar-refractivity contribution in [2.45, 2.75) is 12.5 Å². The van der Waals surface area contributed by atoms with Crippen LogP contribution in [0.2, 0.25) is 0 Å². The van der Waals surface area contributed by atoms with Crippen molar-refractivity contribution >= 4 is 23.3 Å². The van der Waals surface area contributed by atoms with Crippen LogP contribution in [0.3, 0.4) is 0 Å². The smallest absolute Gasteiger partial charge is 0.326 e. The molecule has 140 valence electrons. The highest BCUT2D eigenvalue weighted by atomic mass is 16.6. The number of carboxylic acids is 1. The van der Waals surface area contributed by atoms with E-state index in [2.05, 4.69) is 5.32 Å². The van der Waals surface area contributed by atoms with Gasteiger partial charge in [0.05, 0.1) is 15.9 Å². The number of rotatable bonds is 7. The minimum Gasteiger partial charge on any atom is -0.508 e. The van der Waals surface area contributed by atoms with Crippen molar-refractivity contribution in [2.24, 2.45) is 0 Å². The monoisotopic (exact) mass is 375 g/mol. The van der Waals surface area contributed by atoms with Gasteiger partial charge in [-0.15, -0.1) is 0 Å². The predicted octanol–water partition coefficient (Wildman–Crippen LogP) is 1.63. The number of carboxylic acid groups (broad SMARTS) is 1. The maximum atomic E-state index is 12.3. The van der Waals surface area contributed by atoms with Crippen molar-refractivity contribution < 1.29 is 29.6 Å². The Morgan fingerprint density at radius 3 is 2.19 bits per heavy atom. The van der Waals surface area contributed by atoms with Gasteiger partial charge in [0.1, 0.15) is 17.4 Å². The number of hydrogen-bond acceptors (Lipinski definition) is 7. The van der Waals surface area contributed by atoms with Crippen LogP contribution in [0.15, 0.2) is 42.5 Å². The van der Waals surface area contributed by atoms with Gasteiger partial charge in [0.15, 0.2) is 0 Å². The zero-order valence-corrected chi connectivity index (χ0v) is 13.6. The molecule has 0 aliphatic rings. The van der Waals surface area contributed by atoms with Crippen LogP contribution in [0, 0.1) is 20.2 Å². The highest BCUT2D eigenvalue weighted by Crippen LogP contribution is 2.24. The van der Waals surface area contributed by atoms with Gasteiger partial charge in [-0.3, -0.25) is 25.0 Å². The van der Waals surface area contributed by atoms with E-state index < -0.39 is 44.7 Å². The first-order valence-corrected chi connectivity index (χ1v) is 7.43. The van der Waals surface area contributed by atoms with Crippen molar-refractivity contribution in [3.8, 4) is 5.75 Å². The Bertz CT molecular complexity index is 910. The first-order valence-electron chi connectivity index (χ1n) is 7.43. The fourth-order valence-corrected chi connectivity index (χ4v) is 2.28. The lowest BCUT2D eigenvalue weighted by molar-refractivity contribution is -0.394. The number of benzene rings is 2. The van der Waals surface area contributed by atoms with E-state index in [1.807, 2.05) is 0 Å². The van der Waals surface area contributed by atoms with Gasteiger partial charge in [0.25, 0.3) is 17.3 Å². The molecule has 11 heteroatoms. The molecule has 0 aliphatic heterocycles. The van der Waals surface area contributed by atoms with E-state index in [9.17, 15) is 40.0 Å². The van der Waals surface area contributed by atoms with Gasteiger partial charge in [-0.25, -0.2) is 4.79 Å². The van der Waals surface area contributed by atoms with Crippen LogP contribution >= 0.6 is 0 Å². The number of aromatic hydroxyl groups is 1. The second-order valence-corrected chi connectivity index (χ2v) is 5.45. The minimum absolute atomic E-state index is 0.0174. The number of nitro groups is 2. The summed E-state index contributed by atoms with van der Waals surface area (Å²) in [6, 6.07) is 6.65. The first kappa shape index (κ1) is 19.3. The van der Waals surface area contributed by atoms with Gasteiger partial charge < -0.3 is 15.5 Å². The van der Waals surface area contributed by atoms with Crippen LogP contribution in [0.4, 0.5) is 11.4 Å². The number of carbonyl (C=O) groups is 2. The number of phenols is 1. The number of aliphatic carboxylic acids is 1. The molecule has 1 amide bonds. The van der Waals surface area contributed by atoms with Gasteiger partial charge in [-0.05, 0) is 23.8 Å². The molecule has 0 saturated heterocycles. The van der Waals surface area contributed by atoms with Gasteiger partial charge in [0, 0.05) is 12.5 Å². The molecular weight excluding hydrogens is 362 g/mol. The summed E-state index contributed by atoms with van der Waals surface area (Å²) in [4.78, 5) is 43.8. The molecule has 11 nitrogen and oxygen atoms in total. The predicted molar refractivity (Wildman–Crippen MR) is 90.5 cm³/mol. The number of nitrogens with one attached hydrogen (secondary N) is 1. The highest BCUT2D eigenvalue weighted by Gasteiger charge is 2.27. The Balaban J connectivity index is 2.27. The number of amides is 1. The van der Waals surface area contributed by atoms with Crippen LogP contribution in [0.5, 0.6) is 5.75 Å². The van der Waals surface area contributed by atoms with E-state index in [0.29, 0.717) is 11.6 Å². The van der Waals surface area contributed by atoms with E-state index >= 15 is 0 Å². The van der Waals surface area contributed by atoms with E-state index in [4.69, 9.17) is 0 Å². The summed E-state index contributed by atoms with van der Waals surface area (Å²) < 4.78 is 0. The summed E-state index contributed by atoms with van der Waals surface area (Å²) in [6.45, 7) is 0. The third-order valence-electron chi connectivity index (χ3n) is 3.61. The van der Waals surface area contributed by atoms with Crippen LogP contribution in [-0.4, -0.2) is 38.0 Å². The second kappa shape index (κ2) is 7.91. The summed E-state index contributed by atoms with van der Waals surface area (Å²) >= 11 is 0. The van der Waals surface area contributed by atoms with Gasteiger partial charge >= 0.3 is 5.97 Å². The third-order valence-corrected chi connectivity index (χ3v) is 3.61. The molecule has 0 saturated carbocycles. The lowest BCUT2D eigenvalue weighted by Gasteiger charge is -2.15. The zero-order chi connectivity index (χ0) is 20.1. The molecule has 0 spiro atoms. The second-order valence-electron chi connectivity index (χ2n) is 5.45. The Hall–Kier alpha value is -4.02. The molecule has 0 aliphatic carbocycles. The average Bonchev–Trinajstić information content (AvgIpc) is 2.62. The van der Waals surface area contributed by atoms with Crippen LogP contribution < -0.4 is 5.32 Å². The van der Waals surface area contributed by atoms with Crippen molar-refractivity contribution in [1.29, 1.82) is 0 Å². The molecule has 2 aromatic carbocycles. The maximum Gasteiger partial charge on any atom is 0.326 e. The van der Waals surface area contributed by atoms with Crippen LogP contribution in [-0.2, 0) is 11.2 Å². The number of hydrogen-bond donors (Lipinski definition) is 3. The molecule has 2 aromatic rings. The van der Waals surface area contributed by atoms with Crippen molar-refractivity contribution in [3.63, 3.8) is 0 Å². The standard InChI is InChI=1S/C16H13N3O8/c20-11-4-1-9(2-5-11)7-13(16(22)23)17-15(21)12-6-3-10(18(24)25)8-14(12)19(26)27/h1-6,8,13,20H,7H2,(H,17,21)(H,22,23). The number of nitrogens with zero attached hydrogens (tertiary/aromatic N) is 2. The van der Waals surface area contributed by atoms with E-state index in [1.54, 1.807) is 0 Å². The molecule has 27 heavy (non-hydrogen) atoms. The van der Waals surface area contributed by atoms with E-state index in [0.717, 1.165) is 12.1 Å². The van der Waals surface area contributed by atoms with Crippen molar-refractivity contribution in [2.75, 3.05) is 0 Å². The number of carbonyl (C=O) groups excluding carboxylic acids is 1. The molecule has 2 rings (SSSR count). The zero-order valence-electron chi connectivity index (χ0n) is 13.6. The van der Waals surface area contributed by atoms with Crippen molar-refractivity contribution in [1.82, 2.24) is 5.32 Å². The molecule has 3 N–H and O–H groups in total. The van der Waals surface area contributed by atoms with Crippen molar-refractivity contribution in [3.05, 3.63) is 73.8 Å². The Kier molecular flexibility index (Phi) is 5.65. The van der Waals surface area contributed by atoms with E-state index in [-0.39, 0.29) is 12.2 Å². The largest absolute Gasteiger partial charge is 0.508 e. The fraction of sp³-hybridized carbons (Fsp3) is 0.125. The summed E-state index contributed by atoms with van der Waals surface area (Å²) in [5.74, 6) is -2.44.